The Hall–Kier alpha value is -4.64. The lowest BCUT2D eigenvalue weighted by atomic mass is 9.72. The van der Waals surface area contributed by atoms with Crippen LogP contribution in [0.1, 0.15) is 80.6 Å². The maximum atomic E-state index is 14.0. The Morgan fingerprint density at radius 2 is 1.91 bits per heavy atom. The molecule has 2 aromatic carbocycles. The van der Waals surface area contributed by atoms with Crippen LogP contribution in [0.5, 0.6) is 5.75 Å². The number of carbonyl (C=O) groups excluding carboxylic acids is 2. The van der Waals surface area contributed by atoms with Gasteiger partial charge in [-0.25, -0.2) is 9.97 Å². The molecule has 0 fully saturated rings. The van der Waals surface area contributed by atoms with Gasteiger partial charge in [0.25, 0.3) is 5.91 Å². The zero-order valence-corrected chi connectivity index (χ0v) is 25.9. The van der Waals surface area contributed by atoms with Crippen molar-refractivity contribution in [2.75, 3.05) is 5.32 Å². The maximum absolute atomic E-state index is 14.0. The quantitative estimate of drug-likeness (QED) is 0.247. The van der Waals surface area contributed by atoms with Crippen molar-refractivity contribution in [3.05, 3.63) is 82.8 Å². The lowest BCUT2D eigenvalue weighted by Gasteiger charge is -2.30. The highest BCUT2D eigenvalue weighted by molar-refractivity contribution is 5.91. The second-order valence-electron chi connectivity index (χ2n) is 12.5. The predicted octanol–water partition coefficient (Wildman–Crippen LogP) is 4.52. The number of benzene rings is 2. The number of aromatic nitrogens is 2. The van der Waals surface area contributed by atoms with Gasteiger partial charge < -0.3 is 34.6 Å². The molecular weight excluding hydrogens is 574 g/mol. The molecule has 11 nitrogen and oxygen atoms in total. The number of para-hydroxylation sites is 1. The van der Waals surface area contributed by atoms with E-state index in [1.807, 2.05) is 63.2 Å². The SMILES string of the molecule is CCC(O)(CC)C(=O)N[C@H]1Cc2ccc3c(c2)C2(c4ccccc4NC2O3)c2oc(nc2-c2nc(C)co2)[C@H](C(C)C)NC1=O. The first-order valence-electron chi connectivity index (χ1n) is 15.5. The highest BCUT2D eigenvalue weighted by Crippen LogP contribution is 2.59. The first-order chi connectivity index (χ1) is 21.6. The van der Waals surface area contributed by atoms with Crippen LogP contribution >= 0.6 is 0 Å². The summed E-state index contributed by atoms with van der Waals surface area (Å²) in [5.41, 5.74) is 2.02. The minimum Gasteiger partial charge on any atom is -0.469 e. The minimum atomic E-state index is -1.59. The van der Waals surface area contributed by atoms with Gasteiger partial charge in [-0.1, -0.05) is 58.0 Å². The number of fused-ring (bicyclic) bond motifs is 4. The molecule has 234 valence electrons. The Kier molecular flexibility index (Phi) is 6.77. The van der Waals surface area contributed by atoms with Crippen LogP contribution < -0.4 is 20.7 Å². The average Bonchev–Trinajstić information content (AvgIpc) is 3.79. The van der Waals surface area contributed by atoms with Crippen molar-refractivity contribution in [3.63, 3.8) is 0 Å². The molecular formula is C34H37N5O6. The summed E-state index contributed by atoms with van der Waals surface area (Å²) in [5, 5.41) is 20.5. The van der Waals surface area contributed by atoms with E-state index in [0.29, 0.717) is 28.8 Å². The molecule has 0 radical (unpaired) electrons. The van der Waals surface area contributed by atoms with Crippen molar-refractivity contribution in [3.8, 4) is 17.3 Å². The second kappa shape index (κ2) is 10.5. The van der Waals surface area contributed by atoms with Gasteiger partial charge >= 0.3 is 0 Å². The number of oxazole rings is 2. The molecule has 2 amide bonds. The molecule has 3 aliphatic rings. The van der Waals surface area contributed by atoms with Crippen molar-refractivity contribution >= 4 is 17.5 Å². The van der Waals surface area contributed by atoms with Gasteiger partial charge in [-0.3, -0.25) is 9.59 Å². The van der Waals surface area contributed by atoms with Crippen molar-refractivity contribution in [1.29, 1.82) is 0 Å². The Morgan fingerprint density at radius 3 is 2.62 bits per heavy atom. The third-order valence-electron chi connectivity index (χ3n) is 9.45. The summed E-state index contributed by atoms with van der Waals surface area (Å²) in [6.45, 7) is 9.26. The number of hydrogen-bond donors (Lipinski definition) is 4. The summed E-state index contributed by atoms with van der Waals surface area (Å²) in [7, 11) is 0. The number of ether oxygens (including phenoxy) is 1. The molecule has 7 rings (SSSR count). The number of aliphatic hydroxyl groups is 1. The van der Waals surface area contributed by atoms with Gasteiger partial charge in [-0.2, -0.15) is 0 Å². The number of hydrogen-bond acceptors (Lipinski definition) is 9. The summed E-state index contributed by atoms with van der Waals surface area (Å²) in [4.78, 5) is 36.9. The largest absolute Gasteiger partial charge is 0.469 e. The molecule has 4 bridgehead atoms. The third kappa shape index (κ3) is 4.35. The monoisotopic (exact) mass is 611 g/mol. The lowest BCUT2D eigenvalue weighted by molar-refractivity contribution is -0.143. The second-order valence-corrected chi connectivity index (χ2v) is 12.5. The van der Waals surface area contributed by atoms with Gasteiger partial charge in [0.2, 0.25) is 17.7 Å². The zero-order valence-electron chi connectivity index (χ0n) is 25.9. The van der Waals surface area contributed by atoms with E-state index in [1.165, 1.54) is 0 Å². The molecule has 0 saturated heterocycles. The Morgan fingerprint density at radius 1 is 1.13 bits per heavy atom. The smallest absolute Gasteiger partial charge is 0.252 e. The van der Waals surface area contributed by atoms with Gasteiger partial charge in [0.15, 0.2) is 17.7 Å². The molecule has 2 aromatic heterocycles. The molecule has 4 atom stereocenters. The van der Waals surface area contributed by atoms with Crippen LogP contribution in [0.15, 0.2) is 57.6 Å². The lowest BCUT2D eigenvalue weighted by Crippen LogP contribution is -2.55. The van der Waals surface area contributed by atoms with Crippen molar-refractivity contribution < 1.29 is 28.3 Å². The molecule has 0 aliphatic carbocycles. The zero-order chi connectivity index (χ0) is 31.7. The number of anilines is 1. The summed E-state index contributed by atoms with van der Waals surface area (Å²) in [6.07, 6.45) is 1.62. The molecule has 3 aliphatic heterocycles. The van der Waals surface area contributed by atoms with Gasteiger partial charge in [0.1, 0.15) is 35.1 Å². The normalized spacial score (nSPS) is 23.3. The first-order valence-corrected chi connectivity index (χ1v) is 15.5. The van der Waals surface area contributed by atoms with E-state index in [4.69, 9.17) is 18.6 Å². The first kappa shape index (κ1) is 29.1. The van der Waals surface area contributed by atoms with Crippen LogP contribution in [0, 0.1) is 12.8 Å². The van der Waals surface area contributed by atoms with Gasteiger partial charge in [-0.05, 0) is 48.9 Å². The summed E-state index contributed by atoms with van der Waals surface area (Å²) in [5.74, 6) is 0.597. The van der Waals surface area contributed by atoms with Crippen LogP contribution in [-0.4, -0.2) is 44.8 Å². The summed E-state index contributed by atoms with van der Waals surface area (Å²) >= 11 is 0. The average molecular weight is 612 g/mol. The van der Waals surface area contributed by atoms with E-state index >= 15 is 0 Å². The molecule has 5 heterocycles. The standard InChI is InChI=1S/C34H37N5O6/c1-6-33(42,7-2)31(41)36-23-15-19-12-13-24-21(14-19)34(20-10-8-9-11-22(20)37-32(34)44-24)27-26(29-35-18(5)16-43-29)39-30(45-27)25(17(3)4)38-28(23)40/h8-14,16-17,23,25,32,37,42H,6-7,15H2,1-5H3,(H,36,41)(H,38,40)/t23-,25-,32?,34?/m0/s1. The number of aryl methyl sites for hydroxylation is 1. The van der Waals surface area contributed by atoms with Gasteiger partial charge in [0, 0.05) is 17.7 Å². The fraction of sp³-hybridized carbons (Fsp3) is 0.412. The number of nitrogens with one attached hydrogen (secondary N) is 3. The highest BCUT2D eigenvalue weighted by Gasteiger charge is 2.61. The Balaban J connectivity index is 1.47. The fourth-order valence-corrected chi connectivity index (χ4v) is 6.77. The topological polar surface area (TPSA) is 152 Å². The van der Waals surface area contributed by atoms with Gasteiger partial charge in [-0.15, -0.1) is 0 Å². The van der Waals surface area contributed by atoms with Crippen LogP contribution in [-0.2, 0) is 21.4 Å². The Bertz CT molecular complexity index is 1810. The Labute approximate surface area is 260 Å². The maximum Gasteiger partial charge on any atom is 0.252 e. The molecule has 2 unspecified atom stereocenters. The number of nitrogens with zero attached hydrogens (tertiary/aromatic N) is 2. The van der Waals surface area contributed by atoms with E-state index in [-0.39, 0.29) is 31.1 Å². The van der Waals surface area contributed by atoms with Crippen LogP contribution in [0.25, 0.3) is 11.6 Å². The molecule has 0 saturated carbocycles. The van der Waals surface area contributed by atoms with Gasteiger partial charge in [0.05, 0.1) is 5.69 Å². The molecule has 4 aromatic rings. The van der Waals surface area contributed by atoms with Crippen molar-refractivity contribution in [2.45, 2.75) is 83.2 Å². The molecule has 11 heteroatoms. The fourth-order valence-electron chi connectivity index (χ4n) is 6.77. The van der Waals surface area contributed by atoms with E-state index < -0.39 is 41.1 Å². The predicted molar refractivity (Wildman–Crippen MR) is 164 cm³/mol. The molecule has 4 N–H and O–H groups in total. The molecule has 1 spiro atoms. The van der Waals surface area contributed by atoms with E-state index in [9.17, 15) is 14.7 Å². The van der Waals surface area contributed by atoms with E-state index in [2.05, 4.69) is 20.9 Å². The summed E-state index contributed by atoms with van der Waals surface area (Å²) < 4.78 is 19.3. The molecule has 45 heavy (non-hydrogen) atoms. The number of carbonyl (C=O) groups is 2. The van der Waals surface area contributed by atoms with E-state index in [0.717, 1.165) is 22.4 Å². The number of rotatable bonds is 6. The van der Waals surface area contributed by atoms with Crippen molar-refractivity contribution in [1.82, 2.24) is 20.6 Å². The highest BCUT2D eigenvalue weighted by atomic mass is 16.5. The van der Waals surface area contributed by atoms with Crippen LogP contribution in [0.2, 0.25) is 0 Å². The summed E-state index contributed by atoms with van der Waals surface area (Å²) in [6, 6.07) is 12.1. The third-order valence-corrected chi connectivity index (χ3v) is 9.45. The van der Waals surface area contributed by atoms with Crippen molar-refractivity contribution in [2.24, 2.45) is 5.92 Å². The van der Waals surface area contributed by atoms with E-state index in [1.54, 1.807) is 20.1 Å². The number of amides is 2. The minimum absolute atomic E-state index is 0.141. The van der Waals surface area contributed by atoms with Crippen LogP contribution in [0.4, 0.5) is 5.69 Å². The van der Waals surface area contributed by atoms with Crippen LogP contribution in [0.3, 0.4) is 0 Å².